The Morgan fingerprint density at radius 2 is 1.81 bits per heavy atom. The van der Waals surface area contributed by atoms with Crippen LogP contribution in [0, 0.1) is 11.3 Å². The minimum absolute atomic E-state index is 0.00250. The quantitative estimate of drug-likeness (QED) is 0.616. The van der Waals surface area contributed by atoms with Gasteiger partial charge in [-0.3, -0.25) is 4.79 Å². The van der Waals surface area contributed by atoms with Crippen LogP contribution in [0.25, 0.3) is 17.4 Å². The number of hydrogen-bond acceptors (Lipinski definition) is 4. The predicted molar refractivity (Wildman–Crippen MR) is 99.7 cm³/mol. The second-order valence-electron chi connectivity index (χ2n) is 6.56. The third-order valence-electron chi connectivity index (χ3n) is 4.64. The van der Waals surface area contributed by atoms with Crippen molar-refractivity contribution in [3.63, 3.8) is 0 Å². The molecule has 6 nitrogen and oxygen atoms in total. The van der Waals surface area contributed by atoms with E-state index in [4.69, 9.17) is 9.52 Å². The summed E-state index contributed by atoms with van der Waals surface area (Å²) in [6, 6.07) is 11.7. The standard InChI is InChI=1S/C21H20N2O4/c22-13-16(20(24)23-17-4-2-1-3-5-17)12-18-10-11-19(27-18)14-6-8-15(9-7-14)21(25)26/h6-12,17H,1-5H2,(H,23,24)(H,25,26). The van der Waals surface area contributed by atoms with E-state index in [0.29, 0.717) is 17.1 Å². The lowest BCUT2D eigenvalue weighted by Crippen LogP contribution is -2.36. The molecule has 2 N–H and O–H groups in total. The zero-order valence-electron chi connectivity index (χ0n) is 14.8. The molecule has 1 heterocycles. The highest BCUT2D eigenvalue weighted by Crippen LogP contribution is 2.24. The number of carboxylic acids is 1. The lowest BCUT2D eigenvalue weighted by atomic mass is 9.95. The van der Waals surface area contributed by atoms with E-state index in [9.17, 15) is 14.9 Å². The average Bonchev–Trinajstić information content (AvgIpc) is 3.15. The normalized spacial score (nSPS) is 15.1. The van der Waals surface area contributed by atoms with Gasteiger partial charge in [0, 0.05) is 17.7 Å². The van der Waals surface area contributed by atoms with Crippen molar-refractivity contribution < 1.29 is 19.1 Å². The molecule has 0 spiro atoms. The second-order valence-corrected chi connectivity index (χ2v) is 6.56. The fraction of sp³-hybridized carbons (Fsp3) is 0.286. The summed E-state index contributed by atoms with van der Waals surface area (Å²) in [6.45, 7) is 0. The number of amides is 1. The molecule has 1 fully saturated rings. The Morgan fingerprint density at radius 3 is 2.44 bits per heavy atom. The summed E-state index contributed by atoms with van der Waals surface area (Å²) in [5.41, 5.74) is 0.907. The Bertz CT molecular complexity index is 897. The third-order valence-corrected chi connectivity index (χ3v) is 4.64. The van der Waals surface area contributed by atoms with Gasteiger partial charge in [0.1, 0.15) is 23.2 Å². The summed E-state index contributed by atoms with van der Waals surface area (Å²) in [5, 5.41) is 21.2. The highest BCUT2D eigenvalue weighted by molar-refractivity contribution is 6.01. The fourth-order valence-corrected chi connectivity index (χ4v) is 3.16. The molecule has 0 unspecified atom stereocenters. The Morgan fingerprint density at radius 1 is 1.11 bits per heavy atom. The number of benzene rings is 1. The zero-order valence-corrected chi connectivity index (χ0v) is 14.8. The van der Waals surface area contributed by atoms with Crippen LogP contribution >= 0.6 is 0 Å². The molecule has 0 radical (unpaired) electrons. The minimum Gasteiger partial charge on any atom is -0.478 e. The summed E-state index contributed by atoms with van der Waals surface area (Å²) in [6.07, 6.45) is 6.70. The molecule has 2 aromatic rings. The van der Waals surface area contributed by atoms with Crippen LogP contribution in [-0.4, -0.2) is 23.0 Å². The first-order valence-corrected chi connectivity index (χ1v) is 8.93. The van der Waals surface area contributed by atoms with Crippen LogP contribution in [-0.2, 0) is 4.79 Å². The first kappa shape index (κ1) is 18.5. The number of aromatic carboxylic acids is 1. The van der Waals surface area contributed by atoms with Crippen molar-refractivity contribution in [1.29, 1.82) is 5.26 Å². The van der Waals surface area contributed by atoms with Gasteiger partial charge in [0.05, 0.1) is 5.56 Å². The molecular formula is C21H20N2O4. The molecule has 1 aromatic carbocycles. The van der Waals surface area contributed by atoms with E-state index in [0.717, 1.165) is 25.7 Å². The Hall–Kier alpha value is -3.33. The van der Waals surface area contributed by atoms with Crippen molar-refractivity contribution in [1.82, 2.24) is 5.32 Å². The van der Waals surface area contributed by atoms with E-state index in [1.807, 2.05) is 6.07 Å². The molecule has 1 aromatic heterocycles. The Kier molecular flexibility index (Phi) is 5.72. The van der Waals surface area contributed by atoms with Gasteiger partial charge in [-0.1, -0.05) is 31.4 Å². The molecule has 1 aliphatic carbocycles. The van der Waals surface area contributed by atoms with E-state index >= 15 is 0 Å². The second kappa shape index (κ2) is 8.37. The number of rotatable bonds is 5. The summed E-state index contributed by atoms with van der Waals surface area (Å²) < 4.78 is 5.69. The molecule has 0 atom stereocenters. The smallest absolute Gasteiger partial charge is 0.335 e. The predicted octanol–water partition coefficient (Wildman–Crippen LogP) is 4.00. The molecule has 0 bridgehead atoms. The van der Waals surface area contributed by atoms with Crippen LogP contribution in [0.5, 0.6) is 0 Å². The molecule has 0 aliphatic heterocycles. The monoisotopic (exact) mass is 364 g/mol. The SMILES string of the molecule is N#CC(=Cc1ccc(-c2ccc(C(=O)O)cc2)o1)C(=O)NC1CCCCC1. The third kappa shape index (κ3) is 4.64. The molecule has 1 aliphatic rings. The fourth-order valence-electron chi connectivity index (χ4n) is 3.16. The lowest BCUT2D eigenvalue weighted by Gasteiger charge is -2.22. The van der Waals surface area contributed by atoms with Crippen molar-refractivity contribution >= 4 is 18.0 Å². The molecule has 6 heteroatoms. The molecule has 3 rings (SSSR count). The van der Waals surface area contributed by atoms with Crippen LogP contribution in [0.4, 0.5) is 0 Å². The maximum Gasteiger partial charge on any atom is 0.335 e. The Balaban J connectivity index is 1.72. The van der Waals surface area contributed by atoms with Gasteiger partial charge < -0.3 is 14.8 Å². The molecular weight excluding hydrogens is 344 g/mol. The van der Waals surface area contributed by atoms with E-state index in [1.54, 1.807) is 24.3 Å². The molecule has 1 saturated carbocycles. The highest BCUT2D eigenvalue weighted by atomic mass is 16.4. The molecule has 27 heavy (non-hydrogen) atoms. The van der Waals surface area contributed by atoms with Gasteiger partial charge in [0.25, 0.3) is 5.91 Å². The summed E-state index contributed by atoms with van der Waals surface area (Å²) >= 11 is 0. The summed E-state index contributed by atoms with van der Waals surface area (Å²) in [7, 11) is 0. The largest absolute Gasteiger partial charge is 0.478 e. The van der Waals surface area contributed by atoms with Crippen LogP contribution < -0.4 is 5.32 Å². The van der Waals surface area contributed by atoms with Gasteiger partial charge in [0.15, 0.2) is 0 Å². The number of nitriles is 1. The number of hydrogen-bond donors (Lipinski definition) is 2. The zero-order chi connectivity index (χ0) is 19.2. The maximum atomic E-state index is 12.3. The maximum absolute atomic E-state index is 12.3. The van der Waals surface area contributed by atoms with Gasteiger partial charge in [0.2, 0.25) is 0 Å². The van der Waals surface area contributed by atoms with Crippen molar-refractivity contribution in [2.75, 3.05) is 0 Å². The van der Waals surface area contributed by atoms with Crippen LogP contribution in [0.15, 0.2) is 46.4 Å². The first-order chi connectivity index (χ1) is 13.1. The number of furan rings is 1. The van der Waals surface area contributed by atoms with Crippen molar-refractivity contribution in [3.8, 4) is 17.4 Å². The van der Waals surface area contributed by atoms with Crippen molar-refractivity contribution in [3.05, 3.63) is 53.3 Å². The number of nitrogens with zero attached hydrogens (tertiary/aromatic N) is 1. The highest BCUT2D eigenvalue weighted by Gasteiger charge is 2.18. The number of carboxylic acid groups (broad SMARTS) is 1. The summed E-state index contributed by atoms with van der Waals surface area (Å²) in [4.78, 5) is 23.2. The average molecular weight is 364 g/mol. The molecule has 138 valence electrons. The van der Waals surface area contributed by atoms with E-state index in [2.05, 4.69) is 5.32 Å². The van der Waals surface area contributed by atoms with E-state index in [1.165, 1.54) is 24.6 Å². The van der Waals surface area contributed by atoms with Gasteiger partial charge in [-0.15, -0.1) is 0 Å². The minimum atomic E-state index is -0.993. The van der Waals surface area contributed by atoms with Gasteiger partial charge in [-0.25, -0.2) is 4.79 Å². The van der Waals surface area contributed by atoms with Crippen LogP contribution in [0.1, 0.15) is 48.2 Å². The number of nitrogens with one attached hydrogen (secondary N) is 1. The number of carbonyl (C=O) groups excluding carboxylic acids is 1. The van der Waals surface area contributed by atoms with Crippen LogP contribution in [0.3, 0.4) is 0 Å². The van der Waals surface area contributed by atoms with Gasteiger partial charge in [-0.2, -0.15) is 5.26 Å². The first-order valence-electron chi connectivity index (χ1n) is 8.93. The number of carbonyl (C=O) groups is 2. The van der Waals surface area contributed by atoms with E-state index < -0.39 is 5.97 Å². The molecule has 1 amide bonds. The van der Waals surface area contributed by atoms with Gasteiger partial charge >= 0.3 is 5.97 Å². The van der Waals surface area contributed by atoms with Gasteiger partial charge in [-0.05, 0) is 37.1 Å². The van der Waals surface area contributed by atoms with Crippen molar-refractivity contribution in [2.45, 2.75) is 38.1 Å². The Labute approximate surface area is 157 Å². The summed E-state index contributed by atoms with van der Waals surface area (Å²) in [5.74, 6) is -0.453. The topological polar surface area (TPSA) is 103 Å². The van der Waals surface area contributed by atoms with Crippen LogP contribution in [0.2, 0.25) is 0 Å². The molecule has 0 saturated heterocycles. The lowest BCUT2D eigenvalue weighted by molar-refractivity contribution is -0.117. The van der Waals surface area contributed by atoms with Crippen molar-refractivity contribution in [2.24, 2.45) is 0 Å². The van der Waals surface area contributed by atoms with E-state index in [-0.39, 0.29) is 23.1 Å².